The first-order valence-corrected chi connectivity index (χ1v) is 10.5. The number of benzene rings is 2. The highest BCUT2D eigenvalue weighted by molar-refractivity contribution is 5.90. The summed E-state index contributed by atoms with van der Waals surface area (Å²) in [4.78, 5) is 30.4. The van der Waals surface area contributed by atoms with Gasteiger partial charge >= 0.3 is 12.0 Å². The van der Waals surface area contributed by atoms with Crippen molar-refractivity contribution >= 4 is 17.7 Å². The molecule has 2 aromatic carbocycles. The Balaban J connectivity index is 1.49. The number of carbonyl (C=O) groups excluding carboxylic acids is 1. The second-order valence-corrected chi connectivity index (χ2v) is 7.31. The van der Waals surface area contributed by atoms with Crippen LogP contribution in [0.5, 0.6) is 0 Å². The molecule has 0 aliphatic rings. The van der Waals surface area contributed by atoms with Crippen LogP contribution in [0.3, 0.4) is 0 Å². The van der Waals surface area contributed by atoms with E-state index in [0.29, 0.717) is 16.8 Å². The van der Waals surface area contributed by atoms with Gasteiger partial charge in [-0.15, -0.1) is 0 Å². The van der Waals surface area contributed by atoms with E-state index in [9.17, 15) is 19.3 Å². The average molecular weight is 470 g/mol. The molecule has 2 N–H and O–H groups in total. The number of nitrogens with one attached hydrogen (secondary N) is 2. The Kier molecular flexibility index (Phi) is 7.08. The second kappa shape index (κ2) is 10.7. The van der Waals surface area contributed by atoms with Gasteiger partial charge in [0, 0.05) is 29.2 Å². The number of hydrogen-bond acceptors (Lipinski definition) is 5. The van der Waals surface area contributed by atoms with Gasteiger partial charge < -0.3 is 20.7 Å². The molecule has 0 unspecified atom stereocenters. The van der Waals surface area contributed by atoms with Crippen LogP contribution in [-0.2, 0) is 6.54 Å². The summed E-state index contributed by atoms with van der Waals surface area (Å²) in [7, 11) is 0. The molecule has 0 saturated carbocycles. The molecule has 0 radical (unpaired) electrons. The Morgan fingerprint density at radius 2 is 1.83 bits per heavy atom. The highest BCUT2D eigenvalue weighted by Crippen LogP contribution is 2.26. The molecule has 0 atom stereocenters. The smallest absolute Gasteiger partial charge is 0.390 e. The molecule has 0 fully saturated rings. The van der Waals surface area contributed by atoms with Crippen LogP contribution in [0.4, 0.5) is 20.8 Å². The summed E-state index contributed by atoms with van der Waals surface area (Å²) < 4.78 is 14.5. The number of nitro groups is 1. The highest BCUT2D eigenvalue weighted by atomic mass is 19.1. The molecule has 35 heavy (non-hydrogen) atoms. The fourth-order valence-electron chi connectivity index (χ4n) is 3.29. The molecule has 0 aliphatic carbocycles. The lowest BCUT2D eigenvalue weighted by molar-refractivity contribution is -0.396. The summed E-state index contributed by atoms with van der Waals surface area (Å²) in [5.74, 6) is 5.49. The first-order valence-electron chi connectivity index (χ1n) is 10.5. The Bertz CT molecular complexity index is 1410. The molecule has 10 heteroatoms. The summed E-state index contributed by atoms with van der Waals surface area (Å²) >= 11 is 0. The van der Waals surface area contributed by atoms with Gasteiger partial charge in [-0.1, -0.05) is 22.9 Å². The molecule has 4 aromatic rings. The van der Waals surface area contributed by atoms with Gasteiger partial charge in [0.2, 0.25) is 0 Å². The molecule has 4 rings (SSSR count). The molecular weight excluding hydrogens is 451 g/mol. The van der Waals surface area contributed by atoms with Crippen LogP contribution >= 0.6 is 0 Å². The maximum atomic E-state index is 13.2. The maximum absolute atomic E-state index is 13.2. The quantitative estimate of drug-likeness (QED) is 0.249. The van der Waals surface area contributed by atoms with Gasteiger partial charge in [0.15, 0.2) is 0 Å². The van der Waals surface area contributed by atoms with Crippen LogP contribution in [0, 0.1) is 27.8 Å². The van der Waals surface area contributed by atoms with Crippen molar-refractivity contribution in [2.24, 2.45) is 0 Å². The van der Waals surface area contributed by atoms with Gasteiger partial charge in [-0.3, -0.25) is 4.98 Å². The number of rotatable bonds is 6. The Morgan fingerprint density at radius 1 is 1.06 bits per heavy atom. The minimum atomic E-state index is -0.584. The largest absolute Gasteiger partial charge is 0.434 e. The third-order valence-corrected chi connectivity index (χ3v) is 4.95. The van der Waals surface area contributed by atoms with Gasteiger partial charge in [-0.2, -0.15) is 0 Å². The van der Waals surface area contributed by atoms with E-state index in [2.05, 4.69) is 32.4 Å². The minimum absolute atomic E-state index is 0.162. The lowest BCUT2D eigenvalue weighted by Gasteiger charge is -2.10. The first kappa shape index (κ1) is 23.1. The third kappa shape index (κ3) is 6.06. The number of urea groups is 1. The fourth-order valence-corrected chi connectivity index (χ4v) is 3.29. The first-order chi connectivity index (χ1) is 17.0. The van der Waals surface area contributed by atoms with E-state index in [1.807, 2.05) is 18.2 Å². The molecule has 0 saturated heterocycles. The fraction of sp³-hybridized carbons (Fsp3) is 0.0800. The van der Waals surface area contributed by atoms with Gasteiger partial charge in [-0.05, 0) is 64.6 Å². The number of hydrogen-bond donors (Lipinski definition) is 2. The summed E-state index contributed by atoms with van der Waals surface area (Å²) in [5.41, 5.74) is 3.57. The minimum Gasteiger partial charge on any atom is -0.390 e. The van der Waals surface area contributed by atoms with E-state index in [1.165, 1.54) is 29.1 Å². The molecule has 0 aliphatic heterocycles. The number of anilines is 1. The van der Waals surface area contributed by atoms with Crippen LogP contribution in [0.25, 0.3) is 11.1 Å². The summed E-state index contributed by atoms with van der Waals surface area (Å²) in [6.45, 7) is 0.356. The van der Waals surface area contributed by atoms with E-state index in [1.54, 1.807) is 36.7 Å². The Hall–Kier alpha value is -5.04. The number of carbonyl (C=O) groups is 1. The third-order valence-electron chi connectivity index (χ3n) is 4.95. The van der Waals surface area contributed by atoms with Crippen molar-refractivity contribution in [3.05, 3.63) is 106 Å². The van der Waals surface area contributed by atoms with Gasteiger partial charge in [0.25, 0.3) is 0 Å². The molecule has 2 aromatic heterocycles. The standard InChI is InChI=1S/C25H19FN6O3/c26-21-5-2-18(3-6-21)1-4-20-17-22(7-8-23(20)19-9-11-27-12-10-19)30-24(33)28-13-15-31-16-14-29-25(31)32(34)35/h2-3,5-12,14,16-17H,13,15H2,(H2,28,30,33). The van der Waals surface area contributed by atoms with Crippen molar-refractivity contribution in [2.75, 3.05) is 11.9 Å². The summed E-state index contributed by atoms with van der Waals surface area (Å²) in [6.07, 6.45) is 6.16. The number of aromatic nitrogens is 3. The molecule has 0 bridgehead atoms. The molecular formula is C25H19FN6O3. The van der Waals surface area contributed by atoms with Gasteiger partial charge in [-0.25, -0.2) is 13.8 Å². The van der Waals surface area contributed by atoms with E-state index in [4.69, 9.17) is 0 Å². The van der Waals surface area contributed by atoms with E-state index in [0.717, 1.165) is 11.1 Å². The molecule has 0 spiro atoms. The number of nitrogens with zero attached hydrogens (tertiary/aromatic N) is 4. The lowest BCUT2D eigenvalue weighted by Crippen LogP contribution is -2.31. The zero-order valence-corrected chi connectivity index (χ0v) is 18.3. The van der Waals surface area contributed by atoms with Crippen molar-refractivity contribution in [3.63, 3.8) is 0 Å². The monoisotopic (exact) mass is 470 g/mol. The zero-order chi connectivity index (χ0) is 24.6. The second-order valence-electron chi connectivity index (χ2n) is 7.31. The Labute approximate surface area is 199 Å². The van der Waals surface area contributed by atoms with E-state index < -0.39 is 11.0 Å². The van der Waals surface area contributed by atoms with Crippen molar-refractivity contribution in [1.82, 2.24) is 19.9 Å². The van der Waals surface area contributed by atoms with Crippen LogP contribution in [0.1, 0.15) is 11.1 Å². The van der Waals surface area contributed by atoms with Crippen molar-refractivity contribution in [2.45, 2.75) is 6.54 Å². The summed E-state index contributed by atoms with van der Waals surface area (Å²) in [5, 5.41) is 16.3. The number of pyridine rings is 1. The highest BCUT2D eigenvalue weighted by Gasteiger charge is 2.14. The topological polar surface area (TPSA) is 115 Å². The Morgan fingerprint density at radius 3 is 2.57 bits per heavy atom. The van der Waals surface area contributed by atoms with Crippen LogP contribution in [0.2, 0.25) is 0 Å². The summed E-state index contributed by atoms with van der Waals surface area (Å²) in [6, 6.07) is 14.4. The molecule has 9 nitrogen and oxygen atoms in total. The number of halogens is 1. The van der Waals surface area contributed by atoms with Crippen LogP contribution < -0.4 is 10.6 Å². The maximum Gasteiger partial charge on any atom is 0.434 e. The predicted molar refractivity (Wildman–Crippen MR) is 128 cm³/mol. The lowest BCUT2D eigenvalue weighted by atomic mass is 10.00. The number of imidazole rings is 1. The average Bonchev–Trinajstić information content (AvgIpc) is 3.33. The van der Waals surface area contributed by atoms with Crippen LogP contribution in [-0.4, -0.2) is 32.0 Å². The van der Waals surface area contributed by atoms with Gasteiger partial charge in [0.05, 0.1) is 13.1 Å². The van der Waals surface area contributed by atoms with E-state index >= 15 is 0 Å². The molecule has 2 heterocycles. The van der Waals surface area contributed by atoms with Crippen molar-refractivity contribution in [3.8, 4) is 23.0 Å². The predicted octanol–water partition coefficient (Wildman–Crippen LogP) is 4.21. The van der Waals surface area contributed by atoms with E-state index in [-0.39, 0.29) is 24.9 Å². The SMILES string of the molecule is O=C(NCCn1ccnc1[N+](=O)[O-])Nc1ccc(-c2ccncc2)c(C#Cc2ccc(F)cc2)c1. The molecule has 2 amide bonds. The van der Waals surface area contributed by atoms with Crippen molar-refractivity contribution < 1.29 is 14.1 Å². The van der Waals surface area contributed by atoms with Crippen molar-refractivity contribution in [1.29, 1.82) is 0 Å². The van der Waals surface area contributed by atoms with Gasteiger partial charge in [0.1, 0.15) is 18.2 Å². The normalized spacial score (nSPS) is 10.2. The molecule has 174 valence electrons. The van der Waals surface area contributed by atoms with Crippen LogP contribution in [0.15, 0.2) is 79.4 Å². The zero-order valence-electron chi connectivity index (χ0n) is 18.3. The number of amides is 2.